The predicted molar refractivity (Wildman–Crippen MR) is 94.0 cm³/mol. The minimum absolute atomic E-state index is 0.0505. The normalized spacial score (nSPS) is 15.3. The van der Waals surface area contributed by atoms with Crippen LogP contribution in [0.2, 0.25) is 0 Å². The average molecular weight is 325 g/mol. The molecule has 3 rings (SSSR count). The van der Waals surface area contributed by atoms with Crippen LogP contribution < -0.4 is 5.32 Å². The maximum Gasteiger partial charge on any atom is 0.407 e. The molecule has 0 heterocycles. The molecule has 0 fully saturated rings. The van der Waals surface area contributed by atoms with Gasteiger partial charge in [-0.15, -0.1) is 0 Å². The summed E-state index contributed by atoms with van der Waals surface area (Å²) in [5.74, 6) is 0.0505. The zero-order chi connectivity index (χ0) is 17.1. The number of aliphatic hydroxyl groups is 1. The number of hydrogen-bond acceptors (Lipinski definition) is 3. The highest BCUT2D eigenvalue weighted by Gasteiger charge is 2.29. The molecule has 2 atom stereocenters. The first-order chi connectivity index (χ1) is 11.6. The van der Waals surface area contributed by atoms with Crippen molar-refractivity contribution in [3.8, 4) is 11.1 Å². The van der Waals surface area contributed by atoms with Crippen LogP contribution in [0.1, 0.15) is 37.3 Å². The molecule has 2 aromatic carbocycles. The average Bonchev–Trinajstić information content (AvgIpc) is 2.93. The molecule has 0 radical (unpaired) electrons. The predicted octanol–water partition coefficient (Wildman–Crippen LogP) is 3.68. The Morgan fingerprint density at radius 1 is 1.12 bits per heavy atom. The lowest BCUT2D eigenvalue weighted by atomic mass is 9.98. The van der Waals surface area contributed by atoms with Gasteiger partial charge >= 0.3 is 6.09 Å². The van der Waals surface area contributed by atoms with Crippen LogP contribution in [0, 0.1) is 0 Å². The molecule has 24 heavy (non-hydrogen) atoms. The minimum Gasteiger partial charge on any atom is -0.449 e. The number of carbonyl (C=O) groups is 1. The molecule has 1 amide bonds. The fourth-order valence-corrected chi connectivity index (χ4v) is 3.28. The summed E-state index contributed by atoms with van der Waals surface area (Å²) in [6, 6.07) is 16.1. The third-order valence-electron chi connectivity index (χ3n) is 4.68. The number of nitrogens with one attached hydrogen (secondary N) is 1. The standard InChI is InChI=1S/C20H23NO3/c1-3-19(22)13(2)21-20(23)24-12-18-16-10-6-4-8-14(16)15-9-5-7-11-17(15)18/h4-11,13,18-19,22H,3,12H2,1-2H3,(H,21,23)/t13-,19+/m0/s1. The van der Waals surface area contributed by atoms with Gasteiger partial charge in [0.1, 0.15) is 6.61 Å². The van der Waals surface area contributed by atoms with E-state index in [4.69, 9.17) is 4.74 Å². The quantitative estimate of drug-likeness (QED) is 0.881. The van der Waals surface area contributed by atoms with Gasteiger partial charge in [-0.05, 0) is 35.6 Å². The third kappa shape index (κ3) is 3.15. The lowest BCUT2D eigenvalue weighted by Gasteiger charge is -2.20. The summed E-state index contributed by atoms with van der Waals surface area (Å²) < 4.78 is 5.44. The summed E-state index contributed by atoms with van der Waals surface area (Å²) in [7, 11) is 0. The van der Waals surface area contributed by atoms with Crippen LogP contribution in [0.5, 0.6) is 0 Å². The lowest BCUT2D eigenvalue weighted by molar-refractivity contribution is 0.106. The molecule has 0 aromatic heterocycles. The molecule has 1 aliphatic rings. The van der Waals surface area contributed by atoms with Gasteiger partial charge in [0, 0.05) is 5.92 Å². The second-order valence-electron chi connectivity index (χ2n) is 6.23. The van der Waals surface area contributed by atoms with Crippen molar-refractivity contribution < 1.29 is 14.6 Å². The summed E-state index contributed by atoms with van der Waals surface area (Å²) in [6.07, 6.45) is -0.465. The number of aliphatic hydroxyl groups excluding tert-OH is 1. The van der Waals surface area contributed by atoms with Crippen LogP contribution in [0.4, 0.5) is 4.79 Å². The van der Waals surface area contributed by atoms with E-state index in [1.54, 1.807) is 6.92 Å². The van der Waals surface area contributed by atoms with Gasteiger partial charge in [-0.25, -0.2) is 4.79 Å². The number of ether oxygens (including phenoxy) is 1. The van der Waals surface area contributed by atoms with Gasteiger partial charge in [0.15, 0.2) is 0 Å². The Morgan fingerprint density at radius 3 is 2.21 bits per heavy atom. The van der Waals surface area contributed by atoms with Gasteiger partial charge in [-0.3, -0.25) is 0 Å². The van der Waals surface area contributed by atoms with Crippen LogP contribution in [-0.4, -0.2) is 30.0 Å². The lowest BCUT2D eigenvalue weighted by Crippen LogP contribution is -2.41. The number of alkyl carbamates (subject to hydrolysis) is 1. The number of benzene rings is 2. The molecule has 2 aromatic rings. The molecule has 0 saturated heterocycles. The molecule has 0 aliphatic heterocycles. The van der Waals surface area contributed by atoms with Crippen LogP contribution >= 0.6 is 0 Å². The molecule has 1 aliphatic carbocycles. The Morgan fingerprint density at radius 2 is 1.67 bits per heavy atom. The topological polar surface area (TPSA) is 58.6 Å². The maximum atomic E-state index is 12.0. The van der Waals surface area contributed by atoms with Crippen LogP contribution in [0.25, 0.3) is 11.1 Å². The SMILES string of the molecule is CC[C@@H](O)[C@H](C)NC(=O)OCC1c2ccccc2-c2ccccc21. The first-order valence-corrected chi connectivity index (χ1v) is 8.41. The fourth-order valence-electron chi connectivity index (χ4n) is 3.28. The van der Waals surface area contributed by atoms with E-state index >= 15 is 0 Å². The summed E-state index contributed by atoms with van der Waals surface area (Å²) in [5, 5.41) is 12.4. The molecule has 0 bridgehead atoms. The maximum absolute atomic E-state index is 12.0. The molecular weight excluding hydrogens is 302 g/mol. The molecule has 4 nitrogen and oxygen atoms in total. The van der Waals surface area contributed by atoms with Gasteiger partial charge < -0.3 is 15.2 Å². The summed E-state index contributed by atoms with van der Waals surface area (Å²) >= 11 is 0. The van der Waals surface area contributed by atoms with Gasteiger partial charge in [-0.1, -0.05) is 55.5 Å². The van der Waals surface area contributed by atoms with Crippen molar-refractivity contribution in [2.75, 3.05) is 6.61 Å². The zero-order valence-corrected chi connectivity index (χ0v) is 14.0. The summed E-state index contributed by atoms with van der Waals surface area (Å²) in [5.41, 5.74) is 4.79. The molecule has 2 N–H and O–H groups in total. The first kappa shape index (κ1) is 16.5. The van der Waals surface area contributed by atoms with Crippen molar-refractivity contribution in [3.05, 3.63) is 59.7 Å². The van der Waals surface area contributed by atoms with Gasteiger partial charge in [0.05, 0.1) is 12.1 Å². The molecule has 0 spiro atoms. The summed E-state index contributed by atoms with van der Waals surface area (Å²) in [4.78, 5) is 12.0. The molecular formula is C20H23NO3. The molecule has 0 saturated carbocycles. The van der Waals surface area contributed by atoms with E-state index < -0.39 is 12.2 Å². The minimum atomic E-state index is -0.564. The van der Waals surface area contributed by atoms with Gasteiger partial charge in [0.25, 0.3) is 0 Å². The Labute approximate surface area is 142 Å². The van der Waals surface area contributed by atoms with E-state index in [1.807, 2.05) is 31.2 Å². The Balaban J connectivity index is 1.71. The number of rotatable bonds is 5. The smallest absolute Gasteiger partial charge is 0.407 e. The second kappa shape index (κ2) is 7.05. The van der Waals surface area contributed by atoms with Gasteiger partial charge in [-0.2, -0.15) is 0 Å². The highest BCUT2D eigenvalue weighted by atomic mass is 16.5. The van der Waals surface area contributed by atoms with Crippen molar-refractivity contribution in [1.29, 1.82) is 0 Å². The number of fused-ring (bicyclic) bond motifs is 3. The highest BCUT2D eigenvalue weighted by Crippen LogP contribution is 2.44. The largest absolute Gasteiger partial charge is 0.449 e. The fraction of sp³-hybridized carbons (Fsp3) is 0.350. The number of hydrogen-bond donors (Lipinski definition) is 2. The Bertz CT molecular complexity index is 683. The van der Waals surface area contributed by atoms with E-state index in [-0.39, 0.29) is 18.6 Å². The Hall–Kier alpha value is -2.33. The van der Waals surface area contributed by atoms with Crippen LogP contribution in [0.15, 0.2) is 48.5 Å². The van der Waals surface area contributed by atoms with E-state index in [2.05, 4.69) is 29.6 Å². The van der Waals surface area contributed by atoms with Crippen molar-refractivity contribution in [2.45, 2.75) is 38.3 Å². The van der Waals surface area contributed by atoms with E-state index in [0.717, 1.165) is 0 Å². The Kier molecular flexibility index (Phi) is 4.86. The third-order valence-corrected chi connectivity index (χ3v) is 4.68. The van der Waals surface area contributed by atoms with E-state index in [9.17, 15) is 9.90 Å². The van der Waals surface area contributed by atoms with Crippen molar-refractivity contribution in [2.24, 2.45) is 0 Å². The number of amides is 1. The van der Waals surface area contributed by atoms with E-state index in [1.165, 1.54) is 22.3 Å². The summed E-state index contributed by atoms with van der Waals surface area (Å²) in [6.45, 7) is 3.94. The van der Waals surface area contributed by atoms with Crippen molar-refractivity contribution in [3.63, 3.8) is 0 Å². The van der Waals surface area contributed by atoms with Gasteiger partial charge in [0.2, 0.25) is 0 Å². The van der Waals surface area contributed by atoms with Crippen molar-refractivity contribution >= 4 is 6.09 Å². The first-order valence-electron chi connectivity index (χ1n) is 8.41. The van der Waals surface area contributed by atoms with Crippen molar-refractivity contribution in [1.82, 2.24) is 5.32 Å². The zero-order valence-electron chi connectivity index (χ0n) is 14.0. The second-order valence-corrected chi connectivity index (χ2v) is 6.23. The molecule has 4 heteroatoms. The molecule has 0 unspecified atom stereocenters. The van der Waals surface area contributed by atoms with Crippen LogP contribution in [-0.2, 0) is 4.74 Å². The molecule has 126 valence electrons. The van der Waals surface area contributed by atoms with Crippen LogP contribution in [0.3, 0.4) is 0 Å². The number of carbonyl (C=O) groups excluding carboxylic acids is 1. The van der Waals surface area contributed by atoms with E-state index in [0.29, 0.717) is 6.42 Å². The highest BCUT2D eigenvalue weighted by molar-refractivity contribution is 5.79. The monoisotopic (exact) mass is 325 g/mol.